The molecule has 0 aromatic heterocycles. The van der Waals surface area contributed by atoms with E-state index in [-0.39, 0.29) is 18.7 Å². The van der Waals surface area contributed by atoms with Gasteiger partial charge in [-0.1, -0.05) is 48.5 Å². The third kappa shape index (κ3) is 5.13. The summed E-state index contributed by atoms with van der Waals surface area (Å²) in [6, 6.07) is 18.9. The van der Waals surface area contributed by atoms with Crippen molar-refractivity contribution in [1.82, 2.24) is 0 Å². The first-order valence-electron chi connectivity index (χ1n) is 7.41. The zero-order valence-corrected chi connectivity index (χ0v) is 14.3. The van der Waals surface area contributed by atoms with Crippen LogP contribution in [-0.4, -0.2) is 20.9 Å². The highest BCUT2D eigenvalue weighted by molar-refractivity contribution is 6.69. The molecule has 1 atom stereocenters. The average molecular weight is 314 g/mol. The molecule has 0 bridgehead atoms. The smallest absolute Gasteiger partial charge is 0.338 e. The molecule has 0 saturated heterocycles. The van der Waals surface area contributed by atoms with E-state index >= 15 is 0 Å². The molecule has 0 amide bonds. The summed E-state index contributed by atoms with van der Waals surface area (Å²) >= 11 is 0. The molecular formula is C18H22O3Si. The molecule has 3 nitrogen and oxygen atoms in total. The molecule has 0 aliphatic carbocycles. The molecule has 0 radical (unpaired) electrons. The zero-order valence-electron chi connectivity index (χ0n) is 13.3. The second-order valence-corrected chi connectivity index (χ2v) is 10.6. The molecule has 2 aromatic rings. The Bertz CT molecular complexity index is 591. The van der Waals surface area contributed by atoms with Crippen molar-refractivity contribution in [2.75, 3.05) is 6.61 Å². The Hall–Kier alpha value is -1.91. The van der Waals surface area contributed by atoms with Gasteiger partial charge in [0.2, 0.25) is 0 Å². The van der Waals surface area contributed by atoms with Crippen LogP contribution < -0.4 is 0 Å². The molecule has 2 aromatic carbocycles. The predicted octanol–water partition coefficient (Wildman–Crippen LogP) is 4.44. The molecule has 0 saturated carbocycles. The minimum Gasteiger partial charge on any atom is -0.459 e. The van der Waals surface area contributed by atoms with E-state index in [9.17, 15) is 4.79 Å². The van der Waals surface area contributed by atoms with Crippen LogP contribution in [-0.2, 0) is 9.16 Å². The quantitative estimate of drug-likeness (QED) is 0.584. The van der Waals surface area contributed by atoms with Crippen LogP contribution in [0.2, 0.25) is 19.6 Å². The van der Waals surface area contributed by atoms with Gasteiger partial charge >= 0.3 is 5.97 Å². The van der Waals surface area contributed by atoms with Crippen LogP contribution in [0.3, 0.4) is 0 Å². The van der Waals surface area contributed by atoms with Crippen molar-refractivity contribution in [2.45, 2.75) is 25.7 Å². The minimum absolute atomic E-state index is 0.222. The summed E-state index contributed by atoms with van der Waals surface area (Å²) in [4.78, 5) is 12.1. The lowest BCUT2D eigenvalue weighted by atomic mass is 10.1. The lowest BCUT2D eigenvalue weighted by Crippen LogP contribution is -2.30. The van der Waals surface area contributed by atoms with Crippen molar-refractivity contribution in [1.29, 1.82) is 0 Å². The van der Waals surface area contributed by atoms with Crippen LogP contribution in [0.5, 0.6) is 0 Å². The summed E-state index contributed by atoms with van der Waals surface area (Å²) < 4.78 is 11.6. The molecule has 22 heavy (non-hydrogen) atoms. The number of carbonyl (C=O) groups is 1. The highest BCUT2D eigenvalue weighted by Gasteiger charge is 2.23. The van der Waals surface area contributed by atoms with Gasteiger partial charge in [-0.3, -0.25) is 0 Å². The Kier molecular flexibility index (Phi) is 5.52. The van der Waals surface area contributed by atoms with Crippen molar-refractivity contribution >= 4 is 14.3 Å². The number of benzene rings is 2. The van der Waals surface area contributed by atoms with Crippen molar-refractivity contribution in [3.05, 3.63) is 71.8 Å². The van der Waals surface area contributed by atoms with E-state index in [0.717, 1.165) is 5.56 Å². The Labute approximate surface area is 133 Å². The lowest BCUT2D eigenvalue weighted by Gasteiger charge is -2.26. The Morgan fingerprint density at radius 3 is 2.05 bits per heavy atom. The number of hydrogen-bond acceptors (Lipinski definition) is 3. The highest BCUT2D eigenvalue weighted by Crippen LogP contribution is 2.23. The summed E-state index contributed by atoms with van der Waals surface area (Å²) in [6.45, 7) is 6.61. The van der Waals surface area contributed by atoms with Gasteiger partial charge in [-0.2, -0.15) is 0 Å². The molecule has 0 aliphatic heterocycles. The van der Waals surface area contributed by atoms with E-state index in [1.54, 1.807) is 12.1 Å². The van der Waals surface area contributed by atoms with Gasteiger partial charge in [-0.25, -0.2) is 4.79 Å². The second kappa shape index (κ2) is 7.38. The van der Waals surface area contributed by atoms with E-state index in [2.05, 4.69) is 19.6 Å². The van der Waals surface area contributed by atoms with Crippen LogP contribution >= 0.6 is 0 Å². The minimum atomic E-state index is -1.75. The third-order valence-corrected chi connectivity index (χ3v) is 4.03. The Morgan fingerprint density at radius 2 is 1.50 bits per heavy atom. The molecular weight excluding hydrogens is 292 g/mol. The Balaban J connectivity index is 2.05. The molecule has 0 heterocycles. The van der Waals surface area contributed by atoms with E-state index < -0.39 is 8.32 Å². The average Bonchev–Trinajstić information content (AvgIpc) is 2.52. The third-order valence-electron chi connectivity index (χ3n) is 3.04. The van der Waals surface area contributed by atoms with E-state index in [0.29, 0.717) is 5.56 Å². The fourth-order valence-corrected chi connectivity index (χ4v) is 3.16. The summed E-state index contributed by atoms with van der Waals surface area (Å²) in [7, 11) is -1.75. The summed E-state index contributed by atoms with van der Waals surface area (Å²) in [5, 5.41) is 0. The second-order valence-electron chi connectivity index (χ2n) is 6.09. The highest BCUT2D eigenvalue weighted by atomic mass is 28.4. The molecule has 4 heteroatoms. The molecule has 116 valence electrons. The largest absolute Gasteiger partial charge is 0.459 e. The summed E-state index contributed by atoms with van der Waals surface area (Å²) in [5.74, 6) is -0.319. The SMILES string of the molecule is C[Si](C)(C)OC(COC(=O)c1ccccc1)c1ccccc1. The predicted molar refractivity (Wildman–Crippen MR) is 90.3 cm³/mol. The van der Waals surface area contributed by atoms with Gasteiger partial charge in [-0.15, -0.1) is 0 Å². The zero-order chi connectivity index (χ0) is 16.0. The number of ether oxygens (including phenoxy) is 1. The fraction of sp³-hybridized carbons (Fsp3) is 0.278. The first kappa shape index (κ1) is 16.5. The van der Waals surface area contributed by atoms with Gasteiger partial charge in [-0.05, 0) is 37.3 Å². The molecule has 0 fully saturated rings. The molecule has 0 spiro atoms. The maximum atomic E-state index is 12.1. The summed E-state index contributed by atoms with van der Waals surface area (Å²) in [5.41, 5.74) is 1.59. The number of rotatable bonds is 6. The number of hydrogen-bond donors (Lipinski definition) is 0. The van der Waals surface area contributed by atoms with Gasteiger partial charge in [0.25, 0.3) is 0 Å². The van der Waals surface area contributed by atoms with Crippen LogP contribution in [0.15, 0.2) is 60.7 Å². The first-order chi connectivity index (χ1) is 10.5. The molecule has 0 N–H and O–H groups in total. The molecule has 2 rings (SSSR count). The van der Waals surface area contributed by atoms with E-state index in [4.69, 9.17) is 9.16 Å². The van der Waals surface area contributed by atoms with E-state index in [1.807, 2.05) is 48.5 Å². The molecule has 1 unspecified atom stereocenters. The number of esters is 1. The topological polar surface area (TPSA) is 35.5 Å². The van der Waals surface area contributed by atoms with Crippen molar-refractivity contribution in [2.24, 2.45) is 0 Å². The van der Waals surface area contributed by atoms with Crippen LogP contribution in [0.25, 0.3) is 0 Å². The van der Waals surface area contributed by atoms with Gasteiger partial charge in [0.1, 0.15) is 12.7 Å². The van der Waals surface area contributed by atoms with E-state index in [1.165, 1.54) is 0 Å². The van der Waals surface area contributed by atoms with Gasteiger partial charge < -0.3 is 9.16 Å². The lowest BCUT2D eigenvalue weighted by molar-refractivity contribution is 0.0294. The van der Waals surface area contributed by atoms with Crippen molar-refractivity contribution < 1.29 is 14.0 Å². The van der Waals surface area contributed by atoms with Crippen LogP contribution in [0, 0.1) is 0 Å². The van der Waals surface area contributed by atoms with Crippen molar-refractivity contribution in [3.8, 4) is 0 Å². The van der Waals surface area contributed by atoms with Crippen LogP contribution in [0.1, 0.15) is 22.0 Å². The standard InChI is InChI=1S/C18H22O3Si/c1-22(2,3)21-17(15-10-6-4-7-11-15)14-20-18(19)16-12-8-5-9-13-16/h4-13,17H,14H2,1-3H3. The van der Waals surface area contributed by atoms with Gasteiger partial charge in [0.05, 0.1) is 5.56 Å². The maximum absolute atomic E-state index is 12.1. The molecule has 0 aliphatic rings. The maximum Gasteiger partial charge on any atom is 0.338 e. The Morgan fingerprint density at radius 1 is 0.955 bits per heavy atom. The van der Waals surface area contributed by atoms with Crippen molar-refractivity contribution in [3.63, 3.8) is 0 Å². The normalized spacial score (nSPS) is 12.7. The number of carbonyl (C=O) groups excluding carboxylic acids is 1. The van der Waals surface area contributed by atoms with Crippen LogP contribution in [0.4, 0.5) is 0 Å². The van der Waals surface area contributed by atoms with Gasteiger partial charge in [0.15, 0.2) is 8.32 Å². The fourth-order valence-electron chi connectivity index (χ4n) is 2.10. The summed E-state index contributed by atoms with van der Waals surface area (Å²) in [6.07, 6.45) is -0.222. The first-order valence-corrected chi connectivity index (χ1v) is 10.8. The van der Waals surface area contributed by atoms with Gasteiger partial charge in [0, 0.05) is 0 Å². The monoisotopic (exact) mass is 314 g/mol.